The second kappa shape index (κ2) is 6.30. The summed E-state index contributed by atoms with van der Waals surface area (Å²) < 4.78 is 0.233. The zero-order valence-corrected chi connectivity index (χ0v) is 10.6. The van der Waals surface area contributed by atoms with Crippen molar-refractivity contribution in [3.63, 3.8) is 0 Å². The average molecular weight is 218 g/mol. The van der Waals surface area contributed by atoms with Crippen molar-refractivity contribution in [2.75, 3.05) is 19.8 Å². The van der Waals surface area contributed by atoms with E-state index in [1.165, 1.54) is 0 Å². The number of thioether (sulfide) groups is 1. The molecule has 14 heavy (non-hydrogen) atoms. The van der Waals surface area contributed by atoms with Crippen LogP contribution < -0.4 is 10.6 Å². The maximum absolute atomic E-state index is 11.1. The highest BCUT2D eigenvalue weighted by molar-refractivity contribution is 7.99. The van der Waals surface area contributed by atoms with Gasteiger partial charge in [-0.2, -0.15) is 11.8 Å². The molecule has 1 amide bonds. The van der Waals surface area contributed by atoms with Gasteiger partial charge in [0.25, 0.3) is 0 Å². The Balaban J connectivity index is 3.74. The van der Waals surface area contributed by atoms with Crippen LogP contribution in [0.15, 0.2) is 0 Å². The number of amides is 1. The molecule has 84 valence electrons. The second-order valence-corrected chi connectivity index (χ2v) is 5.64. The van der Waals surface area contributed by atoms with Crippen LogP contribution in [0.25, 0.3) is 0 Å². The standard InChI is InChI=1S/C10H22N2OS/c1-8(6-9(13)11-4)12-7-10(2,3)14-5/h8,12H,6-7H2,1-5H3,(H,11,13). The van der Waals surface area contributed by atoms with Gasteiger partial charge < -0.3 is 10.6 Å². The van der Waals surface area contributed by atoms with E-state index in [0.29, 0.717) is 6.42 Å². The van der Waals surface area contributed by atoms with Crippen LogP contribution in [0.1, 0.15) is 27.2 Å². The third-order valence-corrected chi connectivity index (χ3v) is 3.45. The predicted octanol–water partition coefficient (Wildman–Crippen LogP) is 1.24. The Hall–Kier alpha value is -0.220. The van der Waals surface area contributed by atoms with E-state index in [1.54, 1.807) is 7.05 Å². The van der Waals surface area contributed by atoms with Crippen LogP contribution in [-0.2, 0) is 4.79 Å². The van der Waals surface area contributed by atoms with Gasteiger partial charge in [-0.1, -0.05) is 0 Å². The second-order valence-electron chi connectivity index (χ2n) is 4.12. The molecular formula is C10H22N2OS. The molecule has 1 atom stereocenters. The van der Waals surface area contributed by atoms with Gasteiger partial charge in [-0.05, 0) is 27.0 Å². The van der Waals surface area contributed by atoms with Crippen molar-refractivity contribution in [3.05, 3.63) is 0 Å². The first-order valence-electron chi connectivity index (χ1n) is 4.90. The third-order valence-electron chi connectivity index (χ3n) is 2.20. The molecule has 2 N–H and O–H groups in total. The predicted molar refractivity (Wildman–Crippen MR) is 63.7 cm³/mol. The summed E-state index contributed by atoms with van der Waals surface area (Å²) in [5.41, 5.74) is 0. The van der Waals surface area contributed by atoms with Gasteiger partial charge >= 0.3 is 0 Å². The first kappa shape index (κ1) is 13.8. The normalized spacial score (nSPS) is 13.8. The van der Waals surface area contributed by atoms with E-state index in [9.17, 15) is 4.79 Å². The summed E-state index contributed by atoms with van der Waals surface area (Å²) in [6.07, 6.45) is 2.64. The van der Waals surface area contributed by atoms with Gasteiger partial charge in [0.1, 0.15) is 0 Å². The van der Waals surface area contributed by atoms with Crippen LogP contribution in [0.3, 0.4) is 0 Å². The molecule has 0 aliphatic heterocycles. The topological polar surface area (TPSA) is 41.1 Å². The highest BCUT2D eigenvalue weighted by Gasteiger charge is 2.17. The van der Waals surface area contributed by atoms with Crippen LogP contribution >= 0.6 is 11.8 Å². The van der Waals surface area contributed by atoms with Gasteiger partial charge in [-0.3, -0.25) is 4.79 Å². The van der Waals surface area contributed by atoms with E-state index in [2.05, 4.69) is 30.7 Å². The fourth-order valence-corrected chi connectivity index (χ4v) is 1.17. The molecule has 0 bridgehead atoms. The molecule has 0 aromatic carbocycles. The lowest BCUT2D eigenvalue weighted by Crippen LogP contribution is -2.39. The van der Waals surface area contributed by atoms with Crippen LogP contribution in [0, 0.1) is 0 Å². The largest absolute Gasteiger partial charge is 0.359 e. The summed E-state index contributed by atoms with van der Waals surface area (Å²) >= 11 is 1.83. The molecule has 0 aliphatic rings. The molecule has 3 nitrogen and oxygen atoms in total. The molecule has 0 fully saturated rings. The van der Waals surface area contributed by atoms with E-state index >= 15 is 0 Å². The van der Waals surface area contributed by atoms with Crippen LogP contribution in [0.4, 0.5) is 0 Å². The summed E-state index contributed by atoms with van der Waals surface area (Å²) in [4.78, 5) is 11.1. The summed E-state index contributed by atoms with van der Waals surface area (Å²) in [5, 5.41) is 5.98. The Kier molecular flexibility index (Phi) is 6.20. The number of rotatable bonds is 6. The fraction of sp³-hybridized carbons (Fsp3) is 0.900. The van der Waals surface area contributed by atoms with Gasteiger partial charge in [-0.25, -0.2) is 0 Å². The zero-order valence-electron chi connectivity index (χ0n) is 9.81. The molecule has 0 saturated carbocycles. The summed E-state index contributed by atoms with van der Waals surface area (Å²) in [6, 6.07) is 0.237. The molecule has 1 unspecified atom stereocenters. The minimum atomic E-state index is 0.0898. The number of carbonyl (C=O) groups is 1. The molecule has 0 radical (unpaired) electrons. The van der Waals surface area contributed by atoms with Crippen molar-refractivity contribution in [1.82, 2.24) is 10.6 Å². The molecule has 0 heterocycles. The number of carbonyl (C=O) groups excluding carboxylic acids is 1. The molecule has 0 aromatic rings. The lowest BCUT2D eigenvalue weighted by molar-refractivity contribution is -0.121. The van der Waals surface area contributed by atoms with Crippen LogP contribution in [-0.4, -0.2) is 36.5 Å². The Bertz CT molecular complexity index is 183. The SMILES string of the molecule is CNC(=O)CC(C)NCC(C)(C)SC. The van der Waals surface area contributed by atoms with E-state index in [4.69, 9.17) is 0 Å². The average Bonchev–Trinajstić information content (AvgIpc) is 2.15. The van der Waals surface area contributed by atoms with Crippen molar-refractivity contribution < 1.29 is 4.79 Å². The Morgan fingerprint density at radius 2 is 2.07 bits per heavy atom. The maximum Gasteiger partial charge on any atom is 0.221 e. The quantitative estimate of drug-likeness (QED) is 0.705. The minimum Gasteiger partial charge on any atom is -0.359 e. The van der Waals surface area contributed by atoms with Gasteiger partial charge in [0, 0.05) is 30.8 Å². The molecule has 0 saturated heterocycles. The van der Waals surface area contributed by atoms with Crippen molar-refractivity contribution in [1.29, 1.82) is 0 Å². The van der Waals surface area contributed by atoms with Gasteiger partial charge in [0.2, 0.25) is 5.91 Å². The summed E-state index contributed by atoms with van der Waals surface area (Å²) in [7, 11) is 1.67. The van der Waals surface area contributed by atoms with Crippen molar-refractivity contribution in [2.24, 2.45) is 0 Å². The Morgan fingerprint density at radius 1 is 1.50 bits per heavy atom. The Labute approximate surface area is 91.4 Å². The fourth-order valence-electron chi connectivity index (χ4n) is 0.945. The minimum absolute atomic E-state index is 0.0898. The monoisotopic (exact) mass is 218 g/mol. The highest BCUT2D eigenvalue weighted by atomic mass is 32.2. The molecule has 0 aromatic heterocycles. The maximum atomic E-state index is 11.1. The van der Waals surface area contributed by atoms with Crippen LogP contribution in [0.2, 0.25) is 0 Å². The first-order chi connectivity index (χ1) is 6.41. The molecule has 4 heteroatoms. The number of hydrogen-bond acceptors (Lipinski definition) is 3. The van der Waals surface area contributed by atoms with Crippen molar-refractivity contribution >= 4 is 17.7 Å². The smallest absolute Gasteiger partial charge is 0.221 e. The van der Waals surface area contributed by atoms with Gasteiger partial charge in [0.05, 0.1) is 0 Å². The van der Waals surface area contributed by atoms with E-state index in [-0.39, 0.29) is 16.7 Å². The summed E-state index contributed by atoms with van der Waals surface area (Å²) in [6.45, 7) is 7.34. The van der Waals surface area contributed by atoms with Crippen LogP contribution in [0.5, 0.6) is 0 Å². The summed E-state index contributed by atoms with van der Waals surface area (Å²) in [5.74, 6) is 0.0898. The zero-order chi connectivity index (χ0) is 11.2. The Morgan fingerprint density at radius 3 is 2.50 bits per heavy atom. The molecule has 0 spiro atoms. The van der Waals surface area contributed by atoms with Gasteiger partial charge in [0.15, 0.2) is 0 Å². The van der Waals surface area contributed by atoms with E-state index in [0.717, 1.165) is 6.54 Å². The highest BCUT2D eigenvalue weighted by Crippen LogP contribution is 2.19. The lowest BCUT2D eigenvalue weighted by atomic mass is 10.1. The lowest BCUT2D eigenvalue weighted by Gasteiger charge is -2.24. The van der Waals surface area contributed by atoms with E-state index < -0.39 is 0 Å². The number of nitrogens with one attached hydrogen (secondary N) is 2. The van der Waals surface area contributed by atoms with Crippen molar-refractivity contribution in [3.8, 4) is 0 Å². The van der Waals surface area contributed by atoms with E-state index in [1.807, 2.05) is 18.7 Å². The molecular weight excluding hydrogens is 196 g/mol. The van der Waals surface area contributed by atoms with Gasteiger partial charge in [-0.15, -0.1) is 0 Å². The molecule has 0 rings (SSSR count). The number of hydrogen-bond donors (Lipinski definition) is 2. The van der Waals surface area contributed by atoms with Crippen molar-refractivity contribution in [2.45, 2.75) is 38.0 Å². The first-order valence-corrected chi connectivity index (χ1v) is 6.13. The third kappa shape index (κ3) is 6.27. The molecule has 0 aliphatic carbocycles.